The maximum Gasteiger partial charge on any atom is 0.212 e. The molecule has 1 unspecified atom stereocenters. The van der Waals surface area contributed by atoms with Gasteiger partial charge in [-0.25, -0.2) is 13.1 Å². The summed E-state index contributed by atoms with van der Waals surface area (Å²) in [5.74, 6) is 0.663. The molecular formula is C10H22N2O2S. The molecule has 4 nitrogen and oxygen atoms in total. The van der Waals surface area contributed by atoms with Crippen LogP contribution in [0.2, 0.25) is 0 Å². The van der Waals surface area contributed by atoms with Crippen molar-refractivity contribution in [2.45, 2.75) is 39.2 Å². The van der Waals surface area contributed by atoms with Crippen LogP contribution in [0.3, 0.4) is 0 Å². The van der Waals surface area contributed by atoms with Crippen molar-refractivity contribution < 1.29 is 8.42 Å². The Labute approximate surface area is 92.9 Å². The third kappa shape index (κ3) is 4.49. The second-order valence-electron chi connectivity index (χ2n) is 5.09. The van der Waals surface area contributed by atoms with Crippen molar-refractivity contribution in [3.63, 3.8) is 0 Å². The fourth-order valence-corrected chi connectivity index (χ4v) is 3.53. The molecule has 2 N–H and O–H groups in total. The zero-order chi connectivity index (χ0) is 11.5. The van der Waals surface area contributed by atoms with E-state index in [9.17, 15) is 8.42 Å². The highest BCUT2D eigenvalue weighted by Crippen LogP contribution is 2.15. The van der Waals surface area contributed by atoms with Gasteiger partial charge in [0.1, 0.15) is 0 Å². The molecule has 15 heavy (non-hydrogen) atoms. The molecule has 0 amide bonds. The molecule has 0 aromatic carbocycles. The molecule has 1 fully saturated rings. The van der Waals surface area contributed by atoms with Crippen molar-refractivity contribution in [1.82, 2.24) is 10.0 Å². The van der Waals surface area contributed by atoms with E-state index in [2.05, 4.69) is 10.0 Å². The minimum atomic E-state index is -3.11. The fraction of sp³-hybridized carbons (Fsp3) is 1.00. The number of nitrogens with one attached hydrogen (secondary N) is 2. The van der Waals surface area contributed by atoms with Gasteiger partial charge in [0.2, 0.25) is 10.0 Å². The lowest BCUT2D eigenvalue weighted by molar-refractivity contribution is 0.449. The molecule has 0 spiro atoms. The van der Waals surface area contributed by atoms with E-state index in [1.54, 1.807) is 0 Å². The van der Waals surface area contributed by atoms with Gasteiger partial charge in [-0.1, -0.05) is 13.8 Å². The molecule has 5 heteroatoms. The van der Waals surface area contributed by atoms with Crippen LogP contribution in [0.4, 0.5) is 0 Å². The van der Waals surface area contributed by atoms with Gasteiger partial charge in [0, 0.05) is 12.1 Å². The van der Waals surface area contributed by atoms with Crippen LogP contribution >= 0.6 is 0 Å². The van der Waals surface area contributed by atoms with Crippen LogP contribution in [0.25, 0.3) is 0 Å². The molecule has 0 aliphatic carbocycles. The Bertz CT molecular complexity index is 293. The van der Waals surface area contributed by atoms with Crippen LogP contribution in [-0.2, 0) is 10.0 Å². The SMILES string of the molecule is CC(C)CCS(=O)(=O)NC1(C)CCNC1. The summed E-state index contributed by atoms with van der Waals surface area (Å²) in [6.45, 7) is 7.65. The van der Waals surface area contributed by atoms with Gasteiger partial charge < -0.3 is 5.32 Å². The van der Waals surface area contributed by atoms with Crippen LogP contribution < -0.4 is 10.0 Å². The lowest BCUT2D eigenvalue weighted by atomic mass is 10.0. The lowest BCUT2D eigenvalue weighted by Gasteiger charge is -2.24. The van der Waals surface area contributed by atoms with Gasteiger partial charge in [-0.3, -0.25) is 0 Å². The Morgan fingerprint density at radius 1 is 1.47 bits per heavy atom. The summed E-state index contributed by atoms with van der Waals surface area (Å²) < 4.78 is 26.3. The van der Waals surface area contributed by atoms with Gasteiger partial charge in [-0.2, -0.15) is 0 Å². The van der Waals surface area contributed by atoms with Crippen LogP contribution in [0.1, 0.15) is 33.6 Å². The Hall–Kier alpha value is -0.130. The topological polar surface area (TPSA) is 58.2 Å². The highest BCUT2D eigenvalue weighted by atomic mass is 32.2. The summed E-state index contributed by atoms with van der Waals surface area (Å²) in [4.78, 5) is 0. The molecule has 1 rings (SSSR count). The standard InChI is InChI=1S/C10H22N2O2S/c1-9(2)4-7-15(13,14)12-10(3)5-6-11-8-10/h9,11-12H,4-8H2,1-3H3. The van der Waals surface area contributed by atoms with Crippen LogP contribution in [0.5, 0.6) is 0 Å². The Kier molecular flexibility index (Phi) is 4.14. The van der Waals surface area contributed by atoms with Crippen molar-refractivity contribution in [2.75, 3.05) is 18.8 Å². The molecule has 0 bridgehead atoms. The molecule has 0 radical (unpaired) electrons. The predicted octanol–water partition coefficient (Wildman–Crippen LogP) is 0.704. The molecular weight excluding hydrogens is 212 g/mol. The lowest BCUT2D eigenvalue weighted by Crippen LogP contribution is -2.48. The molecule has 1 aliphatic rings. The molecule has 1 saturated heterocycles. The number of hydrogen-bond donors (Lipinski definition) is 2. The summed E-state index contributed by atoms with van der Waals surface area (Å²) in [5, 5.41) is 3.17. The second-order valence-corrected chi connectivity index (χ2v) is 6.93. The van der Waals surface area contributed by atoms with Gasteiger partial charge in [-0.05, 0) is 32.2 Å². The molecule has 0 aromatic heterocycles. The number of rotatable bonds is 5. The number of hydrogen-bond acceptors (Lipinski definition) is 3. The van der Waals surface area contributed by atoms with Crippen molar-refractivity contribution >= 4 is 10.0 Å². The Balaban J connectivity index is 2.48. The van der Waals surface area contributed by atoms with Gasteiger partial charge >= 0.3 is 0 Å². The minimum Gasteiger partial charge on any atom is -0.315 e. The normalized spacial score (nSPS) is 27.5. The first-order valence-electron chi connectivity index (χ1n) is 5.55. The van der Waals surface area contributed by atoms with Gasteiger partial charge in [0.15, 0.2) is 0 Å². The Morgan fingerprint density at radius 2 is 2.13 bits per heavy atom. The first kappa shape index (κ1) is 12.9. The van der Waals surface area contributed by atoms with E-state index in [1.807, 2.05) is 20.8 Å². The third-order valence-corrected chi connectivity index (χ3v) is 4.31. The zero-order valence-corrected chi connectivity index (χ0v) is 10.7. The predicted molar refractivity (Wildman–Crippen MR) is 62.3 cm³/mol. The summed E-state index contributed by atoms with van der Waals surface area (Å²) >= 11 is 0. The van der Waals surface area contributed by atoms with Gasteiger partial charge in [0.05, 0.1) is 5.75 Å². The van der Waals surface area contributed by atoms with Crippen molar-refractivity contribution in [3.05, 3.63) is 0 Å². The maximum absolute atomic E-state index is 11.8. The largest absolute Gasteiger partial charge is 0.315 e. The molecule has 1 heterocycles. The fourth-order valence-electron chi connectivity index (χ4n) is 1.72. The van der Waals surface area contributed by atoms with E-state index in [1.165, 1.54) is 0 Å². The highest BCUT2D eigenvalue weighted by Gasteiger charge is 2.32. The quantitative estimate of drug-likeness (QED) is 0.736. The van der Waals surface area contributed by atoms with E-state index in [0.717, 1.165) is 25.9 Å². The molecule has 90 valence electrons. The van der Waals surface area contributed by atoms with Crippen LogP contribution in [-0.4, -0.2) is 32.8 Å². The van der Waals surface area contributed by atoms with E-state index in [0.29, 0.717) is 5.92 Å². The first-order chi connectivity index (χ1) is 6.83. The van der Waals surface area contributed by atoms with Gasteiger partial charge in [0.25, 0.3) is 0 Å². The summed E-state index contributed by atoms with van der Waals surface area (Å²) in [6, 6.07) is 0. The maximum atomic E-state index is 11.8. The minimum absolute atomic E-state index is 0.236. The average molecular weight is 234 g/mol. The summed E-state index contributed by atoms with van der Waals surface area (Å²) in [7, 11) is -3.11. The first-order valence-corrected chi connectivity index (χ1v) is 7.21. The molecule has 0 aromatic rings. The van der Waals surface area contributed by atoms with Gasteiger partial charge in [-0.15, -0.1) is 0 Å². The van der Waals surface area contributed by atoms with Crippen molar-refractivity contribution in [2.24, 2.45) is 5.92 Å². The van der Waals surface area contributed by atoms with Crippen LogP contribution in [0.15, 0.2) is 0 Å². The van der Waals surface area contributed by atoms with E-state index in [4.69, 9.17) is 0 Å². The molecule has 0 saturated carbocycles. The second kappa shape index (κ2) is 4.80. The molecule has 1 aliphatic heterocycles. The van der Waals surface area contributed by atoms with E-state index in [-0.39, 0.29) is 11.3 Å². The summed E-state index contributed by atoms with van der Waals surface area (Å²) in [6.07, 6.45) is 1.59. The third-order valence-electron chi connectivity index (χ3n) is 2.73. The highest BCUT2D eigenvalue weighted by molar-refractivity contribution is 7.89. The average Bonchev–Trinajstić information content (AvgIpc) is 2.47. The Morgan fingerprint density at radius 3 is 2.60 bits per heavy atom. The zero-order valence-electron chi connectivity index (χ0n) is 9.84. The summed E-state index contributed by atoms with van der Waals surface area (Å²) in [5.41, 5.74) is -0.282. The number of sulfonamides is 1. The van der Waals surface area contributed by atoms with E-state index < -0.39 is 10.0 Å². The van der Waals surface area contributed by atoms with Crippen molar-refractivity contribution in [3.8, 4) is 0 Å². The van der Waals surface area contributed by atoms with Crippen LogP contribution in [0, 0.1) is 5.92 Å². The monoisotopic (exact) mass is 234 g/mol. The van der Waals surface area contributed by atoms with E-state index >= 15 is 0 Å². The van der Waals surface area contributed by atoms with Crippen molar-refractivity contribution in [1.29, 1.82) is 0 Å². The molecule has 1 atom stereocenters. The smallest absolute Gasteiger partial charge is 0.212 e.